The summed E-state index contributed by atoms with van der Waals surface area (Å²) in [5.74, 6) is -0.479. The van der Waals surface area contributed by atoms with Gasteiger partial charge in [-0.1, -0.05) is 18.2 Å². The summed E-state index contributed by atoms with van der Waals surface area (Å²) in [4.78, 5) is 22.0. The Kier molecular flexibility index (Phi) is 5.26. The third-order valence-corrected chi connectivity index (χ3v) is 3.55. The Morgan fingerprint density at radius 3 is 2.67 bits per heavy atom. The van der Waals surface area contributed by atoms with E-state index in [1.165, 1.54) is 24.4 Å². The molecule has 0 aliphatic rings. The van der Waals surface area contributed by atoms with Crippen LogP contribution in [-0.4, -0.2) is 22.2 Å². The van der Waals surface area contributed by atoms with Crippen molar-refractivity contribution in [1.82, 2.24) is 5.43 Å². The van der Waals surface area contributed by atoms with Gasteiger partial charge >= 0.3 is 0 Å². The molecule has 0 fully saturated rings. The molecule has 0 bridgehead atoms. The van der Waals surface area contributed by atoms with Crippen LogP contribution < -0.4 is 5.43 Å². The predicted octanol–water partition coefficient (Wildman–Crippen LogP) is 2.61. The van der Waals surface area contributed by atoms with Crippen LogP contribution in [0.5, 0.6) is 5.75 Å². The highest BCUT2D eigenvalue weighted by atomic mass is 16.6. The van der Waals surface area contributed by atoms with Crippen molar-refractivity contribution < 1.29 is 14.8 Å². The van der Waals surface area contributed by atoms with Crippen molar-refractivity contribution in [2.24, 2.45) is 5.10 Å². The average Bonchev–Trinajstić information content (AvgIpc) is 2.52. The maximum Gasteiger partial charge on any atom is 0.270 e. The molecule has 0 saturated carbocycles. The van der Waals surface area contributed by atoms with Gasteiger partial charge in [-0.3, -0.25) is 14.9 Å². The minimum Gasteiger partial charge on any atom is -0.507 e. The number of nitrogens with zero attached hydrogens (tertiary/aromatic N) is 2. The molecule has 0 spiro atoms. The van der Waals surface area contributed by atoms with E-state index in [4.69, 9.17) is 0 Å². The fraction of sp³-hybridized carbons (Fsp3) is 0.176. The molecule has 7 nitrogen and oxygen atoms in total. The van der Waals surface area contributed by atoms with Crippen molar-refractivity contribution in [3.05, 3.63) is 68.8 Å². The quantitative estimate of drug-likeness (QED) is 0.500. The van der Waals surface area contributed by atoms with Crippen LogP contribution in [0.3, 0.4) is 0 Å². The Balaban J connectivity index is 2.00. The van der Waals surface area contributed by atoms with Crippen molar-refractivity contribution in [1.29, 1.82) is 0 Å². The van der Waals surface area contributed by atoms with Crippen LogP contribution in [0, 0.1) is 24.0 Å². The molecule has 0 aliphatic carbocycles. The molecular formula is C17H17N3O4. The largest absolute Gasteiger partial charge is 0.507 e. The lowest BCUT2D eigenvalue weighted by Crippen LogP contribution is -2.19. The SMILES string of the molecule is Cc1ccc(CC(=O)NN=Cc2cc([N+](=O)[O-])ccc2O)cc1C. The number of hydrazone groups is 1. The first-order chi connectivity index (χ1) is 11.4. The van der Waals surface area contributed by atoms with E-state index >= 15 is 0 Å². The summed E-state index contributed by atoms with van der Waals surface area (Å²) < 4.78 is 0. The molecule has 2 aromatic carbocycles. The van der Waals surface area contributed by atoms with Crippen molar-refractivity contribution >= 4 is 17.8 Å². The van der Waals surface area contributed by atoms with E-state index < -0.39 is 4.92 Å². The number of aromatic hydroxyl groups is 1. The van der Waals surface area contributed by atoms with Gasteiger partial charge in [0.2, 0.25) is 5.91 Å². The molecule has 0 unspecified atom stereocenters. The smallest absolute Gasteiger partial charge is 0.270 e. The number of hydrogen-bond donors (Lipinski definition) is 2. The molecule has 0 atom stereocenters. The molecule has 7 heteroatoms. The highest BCUT2D eigenvalue weighted by Crippen LogP contribution is 2.21. The monoisotopic (exact) mass is 327 g/mol. The fourth-order valence-electron chi connectivity index (χ4n) is 2.07. The molecule has 0 radical (unpaired) electrons. The van der Waals surface area contributed by atoms with Crippen LogP contribution in [0.25, 0.3) is 0 Å². The predicted molar refractivity (Wildman–Crippen MR) is 90.1 cm³/mol. The second kappa shape index (κ2) is 7.36. The van der Waals surface area contributed by atoms with Gasteiger partial charge < -0.3 is 5.11 Å². The molecule has 2 N–H and O–H groups in total. The first kappa shape index (κ1) is 17.1. The minimum absolute atomic E-state index is 0.149. The Hall–Kier alpha value is -3.22. The van der Waals surface area contributed by atoms with Crippen LogP contribution >= 0.6 is 0 Å². The number of amides is 1. The number of nitro groups is 1. The molecule has 2 rings (SSSR count). The first-order valence-electron chi connectivity index (χ1n) is 7.22. The zero-order valence-electron chi connectivity index (χ0n) is 13.3. The van der Waals surface area contributed by atoms with Crippen molar-refractivity contribution in [2.75, 3.05) is 0 Å². The van der Waals surface area contributed by atoms with Crippen molar-refractivity contribution in [2.45, 2.75) is 20.3 Å². The number of benzene rings is 2. The summed E-state index contributed by atoms with van der Waals surface area (Å²) >= 11 is 0. The van der Waals surface area contributed by atoms with E-state index in [0.29, 0.717) is 0 Å². The third-order valence-electron chi connectivity index (χ3n) is 3.55. The van der Waals surface area contributed by atoms with Gasteiger partial charge in [0, 0.05) is 17.7 Å². The molecule has 0 aromatic heterocycles. The Labute approximate surface area is 138 Å². The summed E-state index contributed by atoms with van der Waals surface area (Å²) in [5.41, 5.74) is 5.44. The van der Waals surface area contributed by atoms with E-state index in [9.17, 15) is 20.0 Å². The number of hydrogen-bond acceptors (Lipinski definition) is 5. The standard InChI is InChI=1S/C17H17N3O4/c1-11-3-4-13(7-12(11)2)8-17(22)19-18-10-14-9-15(20(23)24)5-6-16(14)21/h3-7,9-10,21H,8H2,1-2H3,(H,19,22). The molecule has 0 aliphatic heterocycles. The Bertz CT molecular complexity index is 815. The molecule has 1 amide bonds. The lowest BCUT2D eigenvalue weighted by atomic mass is 10.0. The van der Waals surface area contributed by atoms with E-state index in [0.717, 1.165) is 16.7 Å². The number of carbonyl (C=O) groups is 1. The van der Waals surface area contributed by atoms with Gasteiger partial charge in [-0.2, -0.15) is 5.10 Å². The van der Waals surface area contributed by atoms with Crippen molar-refractivity contribution in [3.8, 4) is 5.75 Å². The van der Waals surface area contributed by atoms with Crippen molar-refractivity contribution in [3.63, 3.8) is 0 Å². The normalized spacial score (nSPS) is 10.8. The number of nitro benzene ring substituents is 1. The summed E-state index contributed by atoms with van der Waals surface area (Å²) in [6.07, 6.45) is 1.33. The van der Waals surface area contributed by atoms with Crippen LogP contribution in [0.15, 0.2) is 41.5 Å². The highest BCUT2D eigenvalue weighted by molar-refractivity contribution is 5.86. The second-order valence-electron chi connectivity index (χ2n) is 5.39. The molecule has 124 valence electrons. The number of aryl methyl sites for hydroxylation is 2. The van der Waals surface area contributed by atoms with E-state index in [-0.39, 0.29) is 29.3 Å². The highest BCUT2D eigenvalue weighted by Gasteiger charge is 2.09. The van der Waals surface area contributed by atoms with Crippen LogP contribution in [-0.2, 0) is 11.2 Å². The number of phenols is 1. The Morgan fingerprint density at radius 1 is 1.25 bits per heavy atom. The zero-order valence-corrected chi connectivity index (χ0v) is 13.3. The first-order valence-corrected chi connectivity index (χ1v) is 7.22. The third kappa shape index (κ3) is 4.39. The van der Waals surface area contributed by atoms with Gasteiger partial charge in [0.15, 0.2) is 0 Å². The number of nitrogens with one attached hydrogen (secondary N) is 1. The van der Waals surface area contributed by atoms with Crippen LogP contribution in [0.4, 0.5) is 5.69 Å². The number of non-ortho nitro benzene ring substituents is 1. The summed E-state index contributed by atoms with van der Waals surface area (Å²) in [6.45, 7) is 3.97. The summed E-state index contributed by atoms with van der Waals surface area (Å²) in [6, 6.07) is 9.32. The maximum absolute atomic E-state index is 11.9. The van der Waals surface area contributed by atoms with Gasteiger partial charge in [0.1, 0.15) is 5.75 Å². The lowest BCUT2D eigenvalue weighted by Gasteiger charge is -2.04. The van der Waals surface area contributed by atoms with E-state index in [1.54, 1.807) is 0 Å². The summed E-state index contributed by atoms with van der Waals surface area (Å²) in [7, 11) is 0. The van der Waals surface area contributed by atoms with E-state index in [2.05, 4.69) is 10.5 Å². The second-order valence-corrected chi connectivity index (χ2v) is 5.39. The van der Waals surface area contributed by atoms with Gasteiger partial charge in [-0.15, -0.1) is 0 Å². The molecule has 2 aromatic rings. The van der Waals surface area contributed by atoms with Gasteiger partial charge in [-0.05, 0) is 36.6 Å². The topological polar surface area (TPSA) is 105 Å². The maximum atomic E-state index is 11.9. The molecule has 24 heavy (non-hydrogen) atoms. The van der Waals surface area contributed by atoms with Crippen LogP contribution in [0.1, 0.15) is 22.3 Å². The van der Waals surface area contributed by atoms with Gasteiger partial charge in [0.25, 0.3) is 5.69 Å². The molecule has 0 saturated heterocycles. The minimum atomic E-state index is -0.574. The Morgan fingerprint density at radius 2 is 2.00 bits per heavy atom. The average molecular weight is 327 g/mol. The molecular weight excluding hydrogens is 310 g/mol. The van der Waals surface area contributed by atoms with Crippen LogP contribution in [0.2, 0.25) is 0 Å². The summed E-state index contributed by atoms with van der Waals surface area (Å²) in [5, 5.41) is 24.1. The fourth-order valence-corrected chi connectivity index (χ4v) is 2.07. The lowest BCUT2D eigenvalue weighted by molar-refractivity contribution is -0.384. The van der Waals surface area contributed by atoms with E-state index in [1.807, 2.05) is 32.0 Å². The number of phenolic OH excluding ortho intramolecular Hbond substituents is 1. The number of rotatable bonds is 5. The van der Waals surface area contributed by atoms with Gasteiger partial charge in [0.05, 0.1) is 17.6 Å². The molecule has 0 heterocycles. The zero-order chi connectivity index (χ0) is 17.7. The number of carbonyl (C=O) groups excluding carboxylic acids is 1. The van der Waals surface area contributed by atoms with Gasteiger partial charge in [-0.25, -0.2) is 5.43 Å².